The molecule has 96 valence electrons. The second-order valence-corrected chi connectivity index (χ2v) is 6.37. The Balaban J connectivity index is 1.88. The molecule has 0 aliphatic carbocycles. The van der Waals surface area contributed by atoms with Crippen molar-refractivity contribution in [3.05, 3.63) is 34.2 Å². The minimum absolute atomic E-state index is 0.583. The highest BCUT2D eigenvalue weighted by Gasteiger charge is 2.20. The van der Waals surface area contributed by atoms with Crippen LogP contribution in [-0.2, 0) is 6.54 Å². The minimum Gasteiger partial charge on any atom is -0.314 e. The van der Waals surface area contributed by atoms with Gasteiger partial charge in [0.2, 0.25) is 0 Å². The van der Waals surface area contributed by atoms with Crippen LogP contribution in [0, 0.1) is 0 Å². The molecule has 2 nitrogen and oxygen atoms in total. The molecule has 0 bridgehead atoms. The summed E-state index contributed by atoms with van der Waals surface area (Å²) in [6.07, 6.45) is 0. The molecule has 0 amide bonds. The maximum absolute atomic E-state index is 6.49. The summed E-state index contributed by atoms with van der Waals surface area (Å²) in [5.41, 5.74) is 0. The number of halogens is 1. The van der Waals surface area contributed by atoms with Gasteiger partial charge in [0.05, 0.1) is 5.02 Å². The summed E-state index contributed by atoms with van der Waals surface area (Å²) in [5, 5.41) is 5.56. The first-order chi connectivity index (χ1) is 8.75. The van der Waals surface area contributed by atoms with Crippen LogP contribution >= 0.6 is 22.9 Å². The van der Waals surface area contributed by atoms with Gasteiger partial charge in [-0.25, -0.2) is 0 Å². The lowest BCUT2D eigenvalue weighted by molar-refractivity contribution is 0.167. The Kier molecular flexibility index (Phi) is 3.57. The Bertz CT molecular complexity index is 552. The van der Waals surface area contributed by atoms with E-state index in [0.29, 0.717) is 6.04 Å². The zero-order valence-electron chi connectivity index (χ0n) is 10.4. The first-order valence-electron chi connectivity index (χ1n) is 6.36. The van der Waals surface area contributed by atoms with Crippen LogP contribution in [-0.4, -0.2) is 30.6 Å². The third-order valence-corrected chi connectivity index (χ3v) is 5.29. The van der Waals surface area contributed by atoms with E-state index in [9.17, 15) is 0 Å². The fourth-order valence-corrected chi connectivity index (χ4v) is 3.99. The molecular formula is C14H17ClN2S. The van der Waals surface area contributed by atoms with Crippen LogP contribution < -0.4 is 5.32 Å². The Morgan fingerprint density at radius 1 is 1.44 bits per heavy atom. The second kappa shape index (κ2) is 5.17. The maximum atomic E-state index is 6.49. The number of hydrogen-bond donors (Lipinski definition) is 1. The van der Waals surface area contributed by atoms with Crippen molar-refractivity contribution >= 4 is 33.0 Å². The molecule has 1 aliphatic heterocycles. The van der Waals surface area contributed by atoms with Crippen LogP contribution in [0.3, 0.4) is 0 Å². The van der Waals surface area contributed by atoms with Gasteiger partial charge >= 0.3 is 0 Å². The number of hydrogen-bond acceptors (Lipinski definition) is 3. The third kappa shape index (κ3) is 2.28. The van der Waals surface area contributed by atoms with Crippen LogP contribution in [0.2, 0.25) is 5.02 Å². The number of nitrogens with one attached hydrogen (secondary N) is 1. The highest BCUT2D eigenvalue weighted by Crippen LogP contribution is 2.36. The zero-order valence-corrected chi connectivity index (χ0v) is 12.0. The summed E-state index contributed by atoms with van der Waals surface area (Å²) in [7, 11) is 0. The van der Waals surface area contributed by atoms with Gasteiger partial charge < -0.3 is 5.32 Å². The van der Waals surface area contributed by atoms with Crippen molar-refractivity contribution in [3.63, 3.8) is 0 Å². The van der Waals surface area contributed by atoms with Crippen molar-refractivity contribution in [2.45, 2.75) is 19.5 Å². The number of thiophene rings is 1. The molecule has 1 aromatic carbocycles. The van der Waals surface area contributed by atoms with E-state index in [1.54, 1.807) is 0 Å². The predicted molar refractivity (Wildman–Crippen MR) is 79.6 cm³/mol. The number of fused-ring (bicyclic) bond motifs is 1. The van der Waals surface area contributed by atoms with Crippen molar-refractivity contribution in [1.82, 2.24) is 10.2 Å². The van der Waals surface area contributed by atoms with E-state index in [4.69, 9.17) is 11.6 Å². The Morgan fingerprint density at radius 3 is 3.06 bits per heavy atom. The maximum Gasteiger partial charge on any atom is 0.0637 e. The first-order valence-corrected chi connectivity index (χ1v) is 7.56. The van der Waals surface area contributed by atoms with E-state index in [2.05, 4.69) is 41.4 Å². The summed E-state index contributed by atoms with van der Waals surface area (Å²) in [5.74, 6) is 0. The molecule has 1 aliphatic rings. The molecule has 2 heterocycles. The van der Waals surface area contributed by atoms with Crippen molar-refractivity contribution in [3.8, 4) is 0 Å². The van der Waals surface area contributed by atoms with Crippen LogP contribution in [0.4, 0.5) is 0 Å². The molecule has 18 heavy (non-hydrogen) atoms. The summed E-state index contributed by atoms with van der Waals surface area (Å²) in [6, 6.07) is 8.97. The summed E-state index contributed by atoms with van der Waals surface area (Å²) in [4.78, 5) is 3.80. The van der Waals surface area contributed by atoms with Crippen LogP contribution in [0.5, 0.6) is 0 Å². The highest BCUT2D eigenvalue weighted by atomic mass is 35.5. The number of rotatable bonds is 2. The van der Waals surface area contributed by atoms with Gasteiger partial charge in [0.25, 0.3) is 0 Å². The van der Waals surface area contributed by atoms with E-state index < -0.39 is 0 Å². The summed E-state index contributed by atoms with van der Waals surface area (Å²) >= 11 is 8.32. The van der Waals surface area contributed by atoms with Gasteiger partial charge in [0.1, 0.15) is 0 Å². The smallest absolute Gasteiger partial charge is 0.0637 e. The lowest BCUT2D eigenvalue weighted by Crippen LogP contribution is -2.49. The van der Waals surface area contributed by atoms with Crippen molar-refractivity contribution in [2.75, 3.05) is 19.6 Å². The molecule has 2 aromatic rings. The molecule has 1 atom stereocenters. The highest BCUT2D eigenvalue weighted by molar-refractivity contribution is 7.19. The normalized spacial score (nSPS) is 21.6. The van der Waals surface area contributed by atoms with E-state index in [-0.39, 0.29) is 0 Å². The van der Waals surface area contributed by atoms with Gasteiger partial charge in [-0.3, -0.25) is 4.90 Å². The van der Waals surface area contributed by atoms with Gasteiger partial charge in [-0.2, -0.15) is 0 Å². The molecule has 1 aromatic heterocycles. The minimum atomic E-state index is 0.583. The van der Waals surface area contributed by atoms with Gasteiger partial charge in [-0.05, 0) is 13.0 Å². The van der Waals surface area contributed by atoms with Crippen molar-refractivity contribution in [1.29, 1.82) is 0 Å². The predicted octanol–water partition coefficient (Wildman–Crippen LogP) is 3.35. The third-order valence-electron chi connectivity index (χ3n) is 3.59. The second-order valence-electron chi connectivity index (χ2n) is 4.86. The van der Waals surface area contributed by atoms with Gasteiger partial charge in [0.15, 0.2) is 0 Å². The van der Waals surface area contributed by atoms with Crippen LogP contribution in [0.15, 0.2) is 24.3 Å². The van der Waals surface area contributed by atoms with E-state index in [1.165, 1.54) is 15.0 Å². The van der Waals surface area contributed by atoms with Gasteiger partial charge in [-0.1, -0.05) is 29.8 Å². The Hall–Kier alpha value is -0.610. The van der Waals surface area contributed by atoms with Crippen LogP contribution in [0.25, 0.3) is 10.1 Å². The molecule has 0 unspecified atom stereocenters. The average Bonchev–Trinajstić information content (AvgIpc) is 2.70. The lowest BCUT2D eigenvalue weighted by Gasteiger charge is -2.33. The van der Waals surface area contributed by atoms with Crippen molar-refractivity contribution in [2.24, 2.45) is 0 Å². The van der Waals surface area contributed by atoms with Gasteiger partial charge in [-0.15, -0.1) is 11.3 Å². The molecule has 1 N–H and O–H groups in total. The molecule has 3 rings (SSSR count). The molecule has 1 saturated heterocycles. The van der Waals surface area contributed by atoms with E-state index in [0.717, 1.165) is 31.2 Å². The molecule has 4 heteroatoms. The first kappa shape index (κ1) is 12.4. The van der Waals surface area contributed by atoms with E-state index >= 15 is 0 Å². The Labute approximate surface area is 117 Å². The SMILES string of the molecule is C[C@H]1CNCCN1Cc1sc2ccccc2c1Cl. The van der Waals surface area contributed by atoms with E-state index in [1.807, 2.05) is 11.3 Å². The molecular weight excluding hydrogens is 264 g/mol. The quantitative estimate of drug-likeness (QED) is 0.908. The molecule has 0 radical (unpaired) electrons. The zero-order chi connectivity index (χ0) is 12.5. The molecule has 1 fully saturated rings. The summed E-state index contributed by atoms with van der Waals surface area (Å²) in [6.45, 7) is 6.50. The Morgan fingerprint density at radius 2 is 2.28 bits per heavy atom. The summed E-state index contributed by atoms with van der Waals surface area (Å²) < 4.78 is 1.29. The lowest BCUT2D eigenvalue weighted by atomic mass is 10.2. The van der Waals surface area contributed by atoms with Crippen molar-refractivity contribution < 1.29 is 0 Å². The topological polar surface area (TPSA) is 15.3 Å². The van der Waals surface area contributed by atoms with Gasteiger partial charge in [0, 0.05) is 47.2 Å². The molecule has 0 saturated carbocycles. The fourth-order valence-electron chi connectivity index (χ4n) is 2.47. The number of piperazine rings is 1. The molecule has 0 spiro atoms. The standard InChI is InChI=1S/C14H17ClN2S/c1-10-8-16-6-7-17(10)9-13-14(15)11-4-2-3-5-12(11)18-13/h2-5,10,16H,6-9H2,1H3/t10-/m0/s1. The van der Waals surface area contributed by atoms with Crippen LogP contribution in [0.1, 0.15) is 11.8 Å². The monoisotopic (exact) mass is 280 g/mol. The number of benzene rings is 1. The largest absolute Gasteiger partial charge is 0.314 e. The average molecular weight is 281 g/mol. The fraction of sp³-hybridized carbons (Fsp3) is 0.429. The number of nitrogens with zero attached hydrogens (tertiary/aromatic N) is 1.